The molecule has 0 saturated heterocycles. The van der Waals surface area contributed by atoms with Crippen molar-refractivity contribution in [1.82, 2.24) is 4.98 Å². The minimum absolute atomic E-state index is 0.0155. The van der Waals surface area contributed by atoms with Crippen LogP contribution in [-0.2, 0) is 16.0 Å². The van der Waals surface area contributed by atoms with Gasteiger partial charge in [0.05, 0.1) is 30.8 Å². The van der Waals surface area contributed by atoms with Gasteiger partial charge in [-0.25, -0.2) is 4.98 Å². The number of aryl methyl sites for hydroxylation is 1. The third-order valence-electron chi connectivity index (χ3n) is 1.84. The van der Waals surface area contributed by atoms with E-state index in [1.165, 1.54) is 0 Å². The summed E-state index contributed by atoms with van der Waals surface area (Å²) in [6, 6.07) is 0. The van der Waals surface area contributed by atoms with Gasteiger partial charge in [0, 0.05) is 11.3 Å². The summed E-state index contributed by atoms with van der Waals surface area (Å²) in [5, 5.41) is 2.59. The molecule has 0 unspecified atom stereocenters. The summed E-state index contributed by atoms with van der Waals surface area (Å²) in [5.41, 5.74) is 2.74. The van der Waals surface area contributed by atoms with Gasteiger partial charge in [0.2, 0.25) is 0 Å². The summed E-state index contributed by atoms with van der Waals surface area (Å²) in [5.74, 6) is -0.378. The van der Waals surface area contributed by atoms with Crippen LogP contribution < -0.4 is 0 Å². The van der Waals surface area contributed by atoms with Crippen LogP contribution in [-0.4, -0.2) is 24.1 Å². The maximum Gasteiger partial charge on any atom is 0.307 e. The van der Waals surface area contributed by atoms with Crippen molar-refractivity contribution in [3.8, 4) is 0 Å². The number of ether oxygens (including phenoxy) is 1. The largest absolute Gasteiger partial charge is 0.465 e. The molecule has 0 aromatic carbocycles. The summed E-state index contributed by atoms with van der Waals surface area (Å²) < 4.78 is 4.91. The number of nitrogens with zero attached hydrogens (tertiary/aromatic N) is 2. The molecule has 0 aliphatic rings. The van der Waals surface area contributed by atoms with Crippen molar-refractivity contribution in [2.75, 3.05) is 13.2 Å². The number of carbonyl (C=O) groups excluding carboxylic acids is 1. The predicted molar refractivity (Wildman–Crippen MR) is 56.8 cm³/mol. The van der Waals surface area contributed by atoms with Gasteiger partial charge in [0.1, 0.15) is 0 Å². The quantitative estimate of drug-likeness (QED) is 0.549. The Morgan fingerprint density at radius 1 is 1.67 bits per heavy atom. The van der Waals surface area contributed by atoms with Gasteiger partial charge in [-0.3, -0.25) is 4.79 Å². The van der Waals surface area contributed by atoms with Crippen molar-refractivity contribution in [1.29, 1.82) is 0 Å². The lowest BCUT2D eigenvalue weighted by atomic mass is 10.3. The molecule has 82 valence electrons. The van der Waals surface area contributed by atoms with Crippen LogP contribution in [0.2, 0.25) is 0 Å². The third kappa shape index (κ3) is 4.16. The fraction of sp³-hybridized carbons (Fsp3) is 0.556. The van der Waals surface area contributed by atoms with Crippen molar-refractivity contribution < 1.29 is 9.53 Å². The van der Waals surface area contributed by atoms with E-state index in [0.717, 1.165) is 10.6 Å². The molecule has 0 aliphatic carbocycles. The average Bonchev–Trinajstić information content (AvgIpc) is 2.61. The van der Waals surface area contributed by atoms with E-state index in [9.17, 15) is 9.70 Å². The van der Waals surface area contributed by atoms with E-state index in [2.05, 4.69) is 10.2 Å². The second-order valence-electron chi connectivity index (χ2n) is 2.93. The Balaban J connectivity index is 2.19. The standard InChI is InChI=1S/C9H12N2O3S/c1-7-8(15-6-10-7)3-5-14-9(12)2-4-11-13/h6H,2-5H2,1H3. The van der Waals surface area contributed by atoms with Crippen LogP contribution in [0.3, 0.4) is 0 Å². The Hall–Kier alpha value is -1.30. The lowest BCUT2D eigenvalue weighted by molar-refractivity contribution is -0.143. The number of thiazole rings is 1. The van der Waals surface area contributed by atoms with Crippen LogP contribution >= 0.6 is 11.3 Å². The SMILES string of the molecule is Cc1ncsc1CCOC(=O)CCN=O. The number of hydrogen-bond donors (Lipinski definition) is 0. The number of aromatic nitrogens is 1. The lowest BCUT2D eigenvalue weighted by Crippen LogP contribution is -2.08. The lowest BCUT2D eigenvalue weighted by Gasteiger charge is -2.02. The molecule has 0 aliphatic heterocycles. The van der Waals surface area contributed by atoms with Gasteiger partial charge in [-0.1, -0.05) is 5.18 Å². The number of hydrogen-bond acceptors (Lipinski definition) is 6. The molecule has 5 nitrogen and oxygen atoms in total. The second kappa shape index (κ2) is 6.23. The van der Waals surface area contributed by atoms with E-state index in [-0.39, 0.29) is 18.9 Å². The van der Waals surface area contributed by atoms with Crippen LogP contribution in [0.25, 0.3) is 0 Å². The molecule has 0 N–H and O–H groups in total. The van der Waals surface area contributed by atoms with Gasteiger partial charge < -0.3 is 4.74 Å². The fourth-order valence-corrected chi connectivity index (χ4v) is 1.80. The molecule has 0 saturated carbocycles. The smallest absolute Gasteiger partial charge is 0.307 e. The number of esters is 1. The molecule has 1 heterocycles. The minimum Gasteiger partial charge on any atom is -0.465 e. The molecule has 15 heavy (non-hydrogen) atoms. The Bertz CT molecular complexity index is 338. The summed E-state index contributed by atoms with van der Waals surface area (Å²) in [4.78, 5) is 25.9. The first-order valence-corrected chi connectivity index (χ1v) is 5.45. The Morgan fingerprint density at radius 2 is 2.47 bits per heavy atom. The Morgan fingerprint density at radius 3 is 3.07 bits per heavy atom. The highest BCUT2D eigenvalue weighted by molar-refractivity contribution is 7.09. The molecule has 0 bridgehead atoms. The van der Waals surface area contributed by atoms with E-state index in [0.29, 0.717) is 13.0 Å². The van der Waals surface area contributed by atoms with Crippen molar-refractivity contribution in [2.24, 2.45) is 5.18 Å². The third-order valence-corrected chi connectivity index (χ3v) is 2.84. The van der Waals surface area contributed by atoms with Crippen LogP contribution in [0.15, 0.2) is 10.7 Å². The molecular weight excluding hydrogens is 216 g/mol. The average molecular weight is 228 g/mol. The Kier molecular flexibility index (Phi) is 4.89. The molecule has 1 aromatic rings. The zero-order valence-corrected chi connectivity index (χ0v) is 9.25. The van der Waals surface area contributed by atoms with Crippen molar-refractivity contribution >= 4 is 17.3 Å². The first kappa shape index (κ1) is 11.8. The highest BCUT2D eigenvalue weighted by Crippen LogP contribution is 2.12. The monoisotopic (exact) mass is 228 g/mol. The van der Waals surface area contributed by atoms with Crippen molar-refractivity contribution in [2.45, 2.75) is 19.8 Å². The summed E-state index contributed by atoms with van der Waals surface area (Å²) in [7, 11) is 0. The molecule has 0 radical (unpaired) electrons. The van der Waals surface area contributed by atoms with Gasteiger partial charge in [0.25, 0.3) is 0 Å². The molecule has 0 spiro atoms. The molecule has 6 heteroatoms. The van der Waals surface area contributed by atoms with Crippen molar-refractivity contribution in [3.63, 3.8) is 0 Å². The highest BCUT2D eigenvalue weighted by Gasteiger charge is 2.05. The van der Waals surface area contributed by atoms with E-state index in [4.69, 9.17) is 4.74 Å². The molecule has 1 aromatic heterocycles. The predicted octanol–water partition coefficient (Wildman–Crippen LogP) is 1.69. The normalized spacial score (nSPS) is 9.93. The van der Waals surface area contributed by atoms with Gasteiger partial charge in [0.15, 0.2) is 0 Å². The zero-order valence-electron chi connectivity index (χ0n) is 8.43. The molecule has 0 atom stereocenters. The van der Waals surface area contributed by atoms with Crippen LogP contribution in [0.1, 0.15) is 17.0 Å². The maximum absolute atomic E-state index is 11.0. The first-order valence-electron chi connectivity index (χ1n) is 4.57. The Labute approximate surface area is 91.5 Å². The maximum atomic E-state index is 11.0. The summed E-state index contributed by atoms with van der Waals surface area (Å²) in [6.45, 7) is 2.24. The topological polar surface area (TPSA) is 68.6 Å². The van der Waals surface area contributed by atoms with Gasteiger partial charge in [-0.2, -0.15) is 4.91 Å². The molecular formula is C9H12N2O3S. The number of nitroso groups, excluding NO2 is 1. The van der Waals surface area contributed by atoms with Crippen LogP contribution in [0.5, 0.6) is 0 Å². The van der Waals surface area contributed by atoms with Gasteiger partial charge in [-0.15, -0.1) is 11.3 Å². The molecule has 1 rings (SSSR count). The van der Waals surface area contributed by atoms with Crippen molar-refractivity contribution in [3.05, 3.63) is 21.0 Å². The highest BCUT2D eigenvalue weighted by atomic mass is 32.1. The van der Waals surface area contributed by atoms with Gasteiger partial charge in [-0.05, 0) is 6.92 Å². The second-order valence-corrected chi connectivity index (χ2v) is 3.87. The molecule has 0 amide bonds. The number of carbonyl (C=O) groups is 1. The van der Waals surface area contributed by atoms with Crippen LogP contribution in [0, 0.1) is 11.8 Å². The minimum atomic E-state index is -0.378. The zero-order chi connectivity index (χ0) is 11.1. The van der Waals surface area contributed by atoms with E-state index in [1.54, 1.807) is 16.8 Å². The van der Waals surface area contributed by atoms with E-state index >= 15 is 0 Å². The molecule has 0 fully saturated rings. The fourth-order valence-electron chi connectivity index (χ4n) is 1.03. The summed E-state index contributed by atoms with van der Waals surface area (Å²) in [6.07, 6.45) is 0.738. The number of rotatable bonds is 6. The first-order chi connectivity index (χ1) is 7.24. The van der Waals surface area contributed by atoms with E-state index < -0.39 is 0 Å². The van der Waals surface area contributed by atoms with Crippen LogP contribution in [0.4, 0.5) is 0 Å². The van der Waals surface area contributed by atoms with Gasteiger partial charge >= 0.3 is 5.97 Å². The summed E-state index contributed by atoms with van der Waals surface area (Å²) >= 11 is 1.55. The van der Waals surface area contributed by atoms with E-state index in [1.807, 2.05) is 6.92 Å².